The molecule has 4 unspecified atom stereocenters. The lowest BCUT2D eigenvalue weighted by Crippen LogP contribution is -2.60. The van der Waals surface area contributed by atoms with Crippen LogP contribution in [0.2, 0.25) is 0 Å². The largest absolute Gasteiger partial charge is 0.390 e. The van der Waals surface area contributed by atoms with Crippen LogP contribution in [0, 0.1) is 50.7 Å². The Balaban J connectivity index is 1.00. The number of aromatic nitrogens is 1. The Morgan fingerprint density at radius 1 is 1.10 bits per heavy atom. The number of carbonyl (C=O) groups excluding carboxylic acids is 1. The first-order chi connectivity index (χ1) is 23.0. The van der Waals surface area contributed by atoms with Crippen LogP contribution in [-0.4, -0.2) is 93.2 Å². The summed E-state index contributed by atoms with van der Waals surface area (Å²) in [5.74, 6) is 1.43. The van der Waals surface area contributed by atoms with Gasteiger partial charge in [-0.25, -0.2) is 0 Å². The molecule has 7 aliphatic rings. The lowest BCUT2D eigenvalue weighted by molar-refractivity contribution is -0.245. The molecule has 5 saturated carbocycles. The molecule has 2 spiro atoms. The minimum atomic E-state index is -1.26. The van der Waals surface area contributed by atoms with E-state index in [1.165, 1.54) is 12.8 Å². The van der Waals surface area contributed by atoms with Crippen molar-refractivity contribution in [2.45, 2.75) is 142 Å². The number of aliphatic hydroxyl groups is 3. The number of ether oxygens (including phenoxy) is 3. The van der Waals surface area contributed by atoms with Gasteiger partial charge in [-0.05, 0) is 123 Å². The molecule has 2 aliphatic heterocycles. The van der Waals surface area contributed by atoms with Gasteiger partial charge in [-0.2, -0.15) is 0 Å². The molecule has 1 aromatic heterocycles. The van der Waals surface area contributed by atoms with E-state index in [0.717, 1.165) is 32.1 Å². The highest BCUT2D eigenvalue weighted by molar-refractivity contribution is 5.93. The molecule has 2 saturated heterocycles. The van der Waals surface area contributed by atoms with Gasteiger partial charge in [-0.3, -0.25) is 9.78 Å². The zero-order valence-electron chi connectivity index (χ0n) is 30.7. The molecule has 5 aliphatic carbocycles. The summed E-state index contributed by atoms with van der Waals surface area (Å²) in [5, 5.41) is 34.2. The van der Waals surface area contributed by atoms with Gasteiger partial charge in [0.25, 0.3) is 5.91 Å². The molecule has 3 N–H and O–H groups in total. The fourth-order valence-electron chi connectivity index (χ4n) is 14.0. The number of aliphatic hydroxyl groups excluding tert-OH is 2. The minimum absolute atomic E-state index is 0.0273. The second-order valence-electron chi connectivity index (χ2n) is 19.1. The molecule has 1 amide bonds. The Labute approximate surface area is 292 Å². The number of nitrogens with zero attached hydrogens (tertiary/aromatic N) is 2. The third kappa shape index (κ3) is 4.64. The van der Waals surface area contributed by atoms with Gasteiger partial charge in [-0.1, -0.05) is 34.6 Å². The number of hydrogen-bond acceptors (Lipinski definition) is 8. The lowest BCUT2D eigenvalue weighted by Gasteiger charge is -2.64. The number of rotatable bonds is 5. The van der Waals surface area contributed by atoms with Crippen molar-refractivity contribution >= 4 is 5.91 Å². The summed E-state index contributed by atoms with van der Waals surface area (Å²) in [6, 6.07) is 3.61. The normalized spacial score (nSPS) is 49.1. The Bertz CT molecular complexity index is 1450. The van der Waals surface area contributed by atoms with Gasteiger partial charge < -0.3 is 34.4 Å². The van der Waals surface area contributed by atoms with Crippen LogP contribution in [-0.2, 0) is 14.2 Å². The first-order valence-electron chi connectivity index (χ1n) is 19.2. The molecule has 8 rings (SSSR count). The van der Waals surface area contributed by atoms with Crippen molar-refractivity contribution in [1.82, 2.24) is 9.88 Å². The molecule has 49 heavy (non-hydrogen) atoms. The average Bonchev–Trinajstić information content (AvgIpc) is 3.70. The van der Waals surface area contributed by atoms with E-state index in [4.69, 9.17) is 14.2 Å². The maximum atomic E-state index is 13.2. The van der Waals surface area contributed by atoms with Gasteiger partial charge in [0.1, 0.15) is 6.10 Å². The van der Waals surface area contributed by atoms with E-state index in [2.05, 4.69) is 39.6 Å². The van der Waals surface area contributed by atoms with Crippen LogP contribution in [0.4, 0.5) is 0 Å². The summed E-state index contributed by atoms with van der Waals surface area (Å²) in [4.78, 5) is 19.2. The molecular formula is C40H60N2O7. The molecule has 0 bridgehead atoms. The standard InChI is InChI=1S/C40H60N2O7/c1-23-19-25(32(43)36(4,5)46)48-31-30(23)37(6)14-15-40-22-39(40)13-12-28(35(2,3)26(39)10-11-27(40)38(37,7)33(31)44)49-29-21-42(17-18-47-29)34(45)24-9-8-16-41-20-24/h8-9,16,20,23,25-33,43-44,46H,10-15,17-19,21-22H2,1-7H3/t23-,25?,26+,27?,28?,29+,30+,31?,32+,33+,37-,38-,39-,40+/m1/s1. The second-order valence-corrected chi connectivity index (χ2v) is 19.1. The van der Waals surface area contributed by atoms with Crippen LogP contribution in [0.3, 0.4) is 0 Å². The second kappa shape index (κ2) is 11.2. The smallest absolute Gasteiger partial charge is 0.255 e. The van der Waals surface area contributed by atoms with Crippen LogP contribution >= 0.6 is 0 Å². The van der Waals surface area contributed by atoms with Crippen LogP contribution in [0.5, 0.6) is 0 Å². The van der Waals surface area contributed by atoms with E-state index >= 15 is 0 Å². The molecule has 272 valence electrons. The first kappa shape index (κ1) is 34.5. The summed E-state index contributed by atoms with van der Waals surface area (Å²) in [6.07, 6.45) is 9.07. The molecule has 9 nitrogen and oxygen atoms in total. The molecular weight excluding hydrogens is 620 g/mol. The molecule has 3 heterocycles. The van der Waals surface area contributed by atoms with Crippen LogP contribution in [0.1, 0.15) is 110 Å². The SMILES string of the molecule is C[C@@H]1CC([C@H](O)C(C)(C)O)OC2[C@H]1[C@@]1(C)CC[C@@]34C[C@@]35CCC(O[C@H]3CN(C(=O)c6cccnc6)CCO3)C(C)(C)[C@@H]5CCC4[C@]1(C)[C@H]2O. The molecule has 0 radical (unpaired) electrons. The third-order valence-corrected chi connectivity index (χ3v) is 16.4. The quantitative estimate of drug-likeness (QED) is 0.388. The van der Waals surface area contributed by atoms with Gasteiger partial charge in [0.15, 0.2) is 6.29 Å². The average molecular weight is 681 g/mol. The van der Waals surface area contributed by atoms with Crippen molar-refractivity contribution in [2.75, 3.05) is 19.7 Å². The Hall–Kier alpha value is -1.62. The van der Waals surface area contributed by atoms with E-state index in [0.29, 0.717) is 43.5 Å². The monoisotopic (exact) mass is 680 g/mol. The van der Waals surface area contributed by atoms with Gasteiger partial charge in [-0.15, -0.1) is 0 Å². The number of carbonyl (C=O) groups is 1. The highest BCUT2D eigenvalue weighted by Gasteiger charge is 2.84. The molecule has 1 aromatic rings. The Kier molecular flexibility index (Phi) is 7.87. The number of morpholine rings is 1. The zero-order chi connectivity index (χ0) is 34.9. The van der Waals surface area contributed by atoms with E-state index in [1.807, 2.05) is 11.0 Å². The predicted octanol–water partition coefficient (Wildman–Crippen LogP) is 5.21. The molecule has 9 heteroatoms. The van der Waals surface area contributed by atoms with Crippen molar-refractivity contribution in [3.05, 3.63) is 30.1 Å². The number of fused-ring (bicyclic) bond motifs is 4. The maximum absolute atomic E-state index is 13.2. The Morgan fingerprint density at radius 2 is 1.84 bits per heavy atom. The summed E-state index contributed by atoms with van der Waals surface area (Å²) in [7, 11) is 0. The fourth-order valence-corrected chi connectivity index (χ4v) is 14.0. The first-order valence-corrected chi connectivity index (χ1v) is 19.2. The summed E-state index contributed by atoms with van der Waals surface area (Å²) >= 11 is 0. The van der Waals surface area contributed by atoms with Crippen molar-refractivity contribution in [3.8, 4) is 0 Å². The van der Waals surface area contributed by atoms with Gasteiger partial charge in [0, 0.05) is 24.4 Å². The van der Waals surface area contributed by atoms with E-state index in [1.54, 1.807) is 32.3 Å². The van der Waals surface area contributed by atoms with Gasteiger partial charge in [0.2, 0.25) is 0 Å². The lowest BCUT2D eigenvalue weighted by atomic mass is 9.41. The molecule has 0 aromatic carbocycles. The van der Waals surface area contributed by atoms with Crippen molar-refractivity contribution in [3.63, 3.8) is 0 Å². The van der Waals surface area contributed by atoms with E-state index in [9.17, 15) is 20.1 Å². The predicted molar refractivity (Wildman–Crippen MR) is 183 cm³/mol. The summed E-state index contributed by atoms with van der Waals surface area (Å²) in [5.41, 5.74) is -0.567. The van der Waals surface area contributed by atoms with Crippen molar-refractivity contribution in [1.29, 1.82) is 0 Å². The zero-order valence-corrected chi connectivity index (χ0v) is 30.7. The van der Waals surface area contributed by atoms with Crippen molar-refractivity contribution in [2.24, 2.45) is 50.7 Å². The van der Waals surface area contributed by atoms with E-state index < -0.39 is 30.2 Å². The molecule has 7 fully saturated rings. The highest BCUT2D eigenvalue weighted by Crippen LogP contribution is 2.89. The maximum Gasteiger partial charge on any atom is 0.255 e. The van der Waals surface area contributed by atoms with Crippen LogP contribution in [0.25, 0.3) is 0 Å². The minimum Gasteiger partial charge on any atom is -0.390 e. The summed E-state index contributed by atoms with van der Waals surface area (Å²) < 4.78 is 19.6. The van der Waals surface area contributed by atoms with Crippen LogP contribution < -0.4 is 0 Å². The van der Waals surface area contributed by atoms with E-state index in [-0.39, 0.29) is 57.0 Å². The molecule has 14 atom stereocenters. The summed E-state index contributed by atoms with van der Waals surface area (Å²) in [6.45, 7) is 16.7. The van der Waals surface area contributed by atoms with Gasteiger partial charge in [0.05, 0.1) is 48.7 Å². The third-order valence-electron chi connectivity index (χ3n) is 16.4. The number of amides is 1. The number of hydrogen-bond donors (Lipinski definition) is 3. The van der Waals surface area contributed by atoms with Crippen LogP contribution in [0.15, 0.2) is 24.5 Å². The highest BCUT2D eigenvalue weighted by atomic mass is 16.7. The number of pyridine rings is 1. The van der Waals surface area contributed by atoms with Gasteiger partial charge >= 0.3 is 0 Å². The Morgan fingerprint density at radius 3 is 2.55 bits per heavy atom. The van der Waals surface area contributed by atoms with Crippen molar-refractivity contribution < 1.29 is 34.3 Å². The topological polar surface area (TPSA) is 122 Å². The fraction of sp³-hybridized carbons (Fsp3) is 0.850.